The molecule has 4 aliphatic rings. The maximum Gasteiger partial charge on any atom is 0.164 e. The van der Waals surface area contributed by atoms with Gasteiger partial charge in [-0.3, -0.25) is 0 Å². The number of nitrogens with zero attached hydrogens (tertiary/aromatic N) is 12. The molecule has 0 fully saturated rings. The van der Waals surface area contributed by atoms with Gasteiger partial charge >= 0.3 is 45.9 Å². The van der Waals surface area contributed by atoms with Gasteiger partial charge in [-0.1, -0.05) is 194 Å². The van der Waals surface area contributed by atoms with Crippen LogP contribution in [0.1, 0.15) is 0 Å². The topological polar surface area (TPSA) is 238 Å². The Balaban J connectivity index is 0.000000136. The first-order valence-corrected chi connectivity index (χ1v) is 28.3. The third-order valence-electron chi connectivity index (χ3n) is 14.9. The van der Waals surface area contributed by atoms with Gasteiger partial charge in [-0.05, 0) is 0 Å². The van der Waals surface area contributed by atoms with Crippen molar-refractivity contribution in [1.82, 2.24) is 79.7 Å². The van der Waals surface area contributed by atoms with E-state index in [4.69, 9.17) is 63.7 Å². The van der Waals surface area contributed by atoms with E-state index in [-0.39, 0.29) is 42.0 Å². The van der Waals surface area contributed by atoms with Crippen LogP contribution >= 0.6 is 0 Å². The zero-order valence-electron chi connectivity index (χ0n) is 43.3. The van der Waals surface area contributed by atoms with Gasteiger partial charge in [0.1, 0.15) is 45.2 Å². The summed E-state index contributed by atoms with van der Waals surface area (Å²) in [4.78, 5) is 73.5. The number of aromatic amines is 4. The minimum Gasteiger partial charge on any atom is -0.324 e. The third-order valence-corrected chi connectivity index (χ3v) is 14.9. The molecule has 16 bridgehead atoms. The van der Waals surface area contributed by atoms with E-state index in [9.17, 15) is 0 Å². The molecule has 388 valence electrons. The van der Waals surface area contributed by atoms with Gasteiger partial charge in [0.05, 0.1) is 0 Å². The van der Waals surface area contributed by atoms with Crippen LogP contribution in [-0.2, 0) is 0 Å². The van der Waals surface area contributed by atoms with E-state index in [0.29, 0.717) is 91.8 Å². The van der Waals surface area contributed by atoms with E-state index in [1.54, 1.807) is 0 Å². The van der Waals surface area contributed by atoms with Gasteiger partial charge in [0.15, 0.2) is 46.6 Å². The summed E-state index contributed by atoms with van der Waals surface area (Å²) >= 11 is 0.0625. The van der Waals surface area contributed by atoms with Crippen molar-refractivity contribution in [3.05, 3.63) is 194 Å². The van der Waals surface area contributed by atoms with Crippen LogP contribution in [0.25, 0.3) is 179 Å². The summed E-state index contributed by atoms with van der Waals surface area (Å²) in [6.45, 7) is 0. The molecule has 14 aromatic rings. The molecule has 0 unspecified atom stereocenters. The van der Waals surface area contributed by atoms with Gasteiger partial charge in [0.25, 0.3) is 0 Å². The molecule has 8 aromatic carbocycles. The molecule has 19 heteroatoms. The largest absolute Gasteiger partial charge is 0.324 e. The summed E-state index contributed by atoms with van der Waals surface area (Å²) in [5.41, 5.74) is 12.9. The molecular weight excluding hydrogens is 1100 g/mol. The van der Waals surface area contributed by atoms with Crippen molar-refractivity contribution in [2.75, 3.05) is 0 Å². The van der Waals surface area contributed by atoms with E-state index < -0.39 is 0 Å². The Morgan fingerprint density at radius 3 is 0.446 bits per heavy atom. The molecule has 18 rings (SSSR count). The zero-order valence-corrected chi connectivity index (χ0v) is 47.5. The molecular formula is C64H41GaMgN16O. The fraction of sp³-hybridized carbons (Fsp3) is 0. The normalized spacial score (nSPS) is 11.6. The Hall–Kier alpha value is -10.2. The Kier molecular flexibility index (Phi) is 12.1. The van der Waals surface area contributed by atoms with Crippen LogP contribution < -0.4 is 0 Å². The molecule has 4 aliphatic heterocycles. The first kappa shape index (κ1) is 49.9. The molecule has 0 amide bonds. The van der Waals surface area contributed by atoms with E-state index in [2.05, 4.69) is 19.9 Å². The number of rotatable bonds is 0. The molecule has 0 saturated carbocycles. The first-order valence-electron chi connectivity index (χ1n) is 26.4. The van der Waals surface area contributed by atoms with E-state index in [0.717, 1.165) is 87.6 Å². The van der Waals surface area contributed by atoms with Crippen LogP contribution in [0.5, 0.6) is 0 Å². The van der Waals surface area contributed by atoms with Gasteiger partial charge in [0.2, 0.25) is 0 Å². The standard InChI is InChI=1S/2C32H18N8.Ga.Mg.H2O.4H/c2*1-2-10-18-17(9-1)25-33-26(18)38-28-21-13-5-6-14-22(21)30(35-28)40-32-24-16-8-7-15-23(24)31(36-32)39-29-20-12-4-3-11-19(20)27(34-29)37-25;;;;;;;/h2*1-16H,(H2,33,34,35,36,37,38,39,40);;;1H2;;;;/q;;+1;;;;;;/p-1. The van der Waals surface area contributed by atoms with Gasteiger partial charge < -0.3 is 19.9 Å². The monoisotopic (exact) mass is 1140 g/mol. The van der Waals surface area contributed by atoms with E-state index in [1.807, 2.05) is 194 Å². The summed E-state index contributed by atoms with van der Waals surface area (Å²) in [6.07, 6.45) is 0. The van der Waals surface area contributed by atoms with Crippen molar-refractivity contribution in [2.45, 2.75) is 0 Å². The van der Waals surface area contributed by atoms with Crippen molar-refractivity contribution in [3.8, 4) is 91.1 Å². The van der Waals surface area contributed by atoms with Crippen molar-refractivity contribution in [1.29, 1.82) is 0 Å². The van der Waals surface area contributed by atoms with Crippen LogP contribution in [0.3, 0.4) is 0 Å². The van der Waals surface area contributed by atoms with Gasteiger partial charge in [-0.2, -0.15) is 0 Å². The number of aromatic nitrogens is 16. The number of H-pyrrole nitrogens is 4. The van der Waals surface area contributed by atoms with Crippen molar-refractivity contribution >= 4 is 130 Å². The smallest absolute Gasteiger partial charge is 0.164 e. The predicted octanol–water partition coefficient (Wildman–Crippen LogP) is 11.3. The SMILES string of the molecule is [MgH2].[OH][GaH2].c1ccc2c(c1)-c1nc-2nc2[nH]c(nc3nc(nc4[nH]c(n1)c1ccccc41)-c1ccccc1-3)c1ccccc21.c1ccc2c(c1)-c1nc-2nc2[nH]c(nc3nc(nc4[nH]c(n1)c1ccccc41)-c1ccccc1-3)c1ccccc21. The average molecular weight is 1140 g/mol. The Morgan fingerprint density at radius 2 is 0.313 bits per heavy atom. The summed E-state index contributed by atoms with van der Waals surface area (Å²) < 4.78 is 7.19. The number of hydrogen-bond donors (Lipinski definition) is 5. The molecule has 0 radical (unpaired) electrons. The number of hydrogen-bond acceptors (Lipinski definition) is 13. The van der Waals surface area contributed by atoms with Crippen molar-refractivity contribution in [3.63, 3.8) is 0 Å². The van der Waals surface area contributed by atoms with E-state index in [1.165, 1.54) is 0 Å². The quantitative estimate of drug-likeness (QED) is 0.0889. The Bertz CT molecular complexity index is 4410. The summed E-state index contributed by atoms with van der Waals surface area (Å²) in [5.74, 6) is 4.78. The minimum atomic E-state index is 0. The summed E-state index contributed by atoms with van der Waals surface area (Å²) in [6, 6.07) is 64.5. The maximum atomic E-state index is 7.19. The van der Waals surface area contributed by atoms with Crippen LogP contribution in [0, 0.1) is 0 Å². The van der Waals surface area contributed by atoms with Gasteiger partial charge in [0, 0.05) is 87.6 Å². The van der Waals surface area contributed by atoms with Crippen LogP contribution in [0.15, 0.2) is 194 Å². The third kappa shape index (κ3) is 8.27. The second kappa shape index (κ2) is 20.1. The van der Waals surface area contributed by atoms with Gasteiger partial charge in [-0.15, -0.1) is 0 Å². The Labute approximate surface area is 495 Å². The second-order valence-electron chi connectivity index (χ2n) is 19.6. The molecule has 5 N–H and O–H groups in total. The molecule has 0 atom stereocenters. The molecule has 0 aliphatic carbocycles. The zero-order chi connectivity index (χ0) is 54.4. The maximum absolute atomic E-state index is 7.19. The van der Waals surface area contributed by atoms with E-state index >= 15 is 0 Å². The summed E-state index contributed by atoms with van der Waals surface area (Å²) in [7, 11) is 0. The fourth-order valence-corrected chi connectivity index (χ4v) is 11.2. The number of fused-ring (bicyclic) bond motifs is 40. The van der Waals surface area contributed by atoms with Crippen molar-refractivity contribution < 1.29 is 3.90 Å². The minimum absolute atomic E-state index is 0. The first-order chi connectivity index (χ1) is 40.6. The second-order valence-corrected chi connectivity index (χ2v) is 19.6. The Morgan fingerprint density at radius 1 is 0.193 bits per heavy atom. The van der Waals surface area contributed by atoms with Crippen molar-refractivity contribution in [2.24, 2.45) is 0 Å². The molecule has 0 saturated heterocycles. The van der Waals surface area contributed by atoms with Gasteiger partial charge in [-0.25, -0.2) is 59.8 Å². The molecule has 10 heterocycles. The molecule has 0 spiro atoms. The fourth-order valence-electron chi connectivity index (χ4n) is 11.2. The number of benzene rings is 8. The van der Waals surface area contributed by atoms with Crippen LogP contribution in [-0.4, -0.2) is 126 Å². The molecule has 17 nitrogen and oxygen atoms in total. The van der Waals surface area contributed by atoms with Crippen LogP contribution in [0.2, 0.25) is 0 Å². The number of nitrogens with one attached hydrogen (secondary N) is 4. The average Bonchev–Trinajstić information content (AvgIpc) is 4.62. The molecule has 83 heavy (non-hydrogen) atoms. The summed E-state index contributed by atoms with van der Waals surface area (Å²) in [5, 5.41) is 7.64. The van der Waals surface area contributed by atoms with Crippen LogP contribution in [0.4, 0.5) is 0 Å². The molecule has 6 aromatic heterocycles. The predicted molar refractivity (Wildman–Crippen MR) is 331 cm³/mol.